The van der Waals surface area contributed by atoms with Crippen molar-refractivity contribution in [1.82, 2.24) is 0 Å². The van der Waals surface area contributed by atoms with E-state index in [-0.39, 0.29) is 12.4 Å². The van der Waals surface area contributed by atoms with Gasteiger partial charge in [-0.3, -0.25) is 4.79 Å². The van der Waals surface area contributed by atoms with E-state index in [2.05, 4.69) is 0 Å². The fourth-order valence-corrected chi connectivity index (χ4v) is 1.02. The number of rotatable bonds is 3. The first-order valence-electron chi connectivity index (χ1n) is 3.84. The monoisotopic (exact) mass is 182 g/mol. The van der Waals surface area contributed by atoms with Crippen molar-refractivity contribution in [2.24, 2.45) is 5.73 Å². The second-order valence-electron chi connectivity index (χ2n) is 2.80. The molecule has 0 spiro atoms. The number of carbonyl (C=O) groups excluding carboxylic acids is 1. The minimum Gasteiger partial charge on any atom is -0.368 e. The largest absolute Gasteiger partial charge is 0.368 e. The smallest absolute Gasteiger partial charge is 0.236 e. The third-order valence-electron chi connectivity index (χ3n) is 1.66. The molecule has 0 heterocycles. The molecule has 0 aliphatic heterocycles. The van der Waals surface area contributed by atoms with Gasteiger partial charge in [-0.25, -0.2) is 4.39 Å². The highest BCUT2D eigenvalue weighted by Gasteiger charge is 2.03. The lowest BCUT2D eigenvalue weighted by Gasteiger charge is -2.16. The molecule has 0 unspecified atom stereocenters. The maximum atomic E-state index is 12.5. The predicted octanol–water partition coefficient (Wildman–Crippen LogP) is 0.747. The van der Waals surface area contributed by atoms with Crippen LogP contribution in [0, 0.1) is 5.82 Å². The Balaban J connectivity index is 2.71. The van der Waals surface area contributed by atoms with E-state index in [9.17, 15) is 9.18 Å². The van der Waals surface area contributed by atoms with Gasteiger partial charge in [0.05, 0.1) is 6.54 Å². The van der Waals surface area contributed by atoms with E-state index >= 15 is 0 Å². The molecule has 0 aliphatic carbocycles. The molecule has 0 radical (unpaired) electrons. The van der Waals surface area contributed by atoms with E-state index < -0.39 is 5.91 Å². The Morgan fingerprint density at radius 1 is 1.46 bits per heavy atom. The van der Waals surface area contributed by atoms with Gasteiger partial charge in [0.25, 0.3) is 0 Å². The summed E-state index contributed by atoms with van der Waals surface area (Å²) < 4.78 is 12.5. The van der Waals surface area contributed by atoms with E-state index in [1.165, 1.54) is 12.1 Å². The number of nitrogens with zero attached hydrogens (tertiary/aromatic N) is 1. The predicted molar refractivity (Wildman–Crippen MR) is 48.9 cm³/mol. The summed E-state index contributed by atoms with van der Waals surface area (Å²) in [5, 5.41) is 0. The highest BCUT2D eigenvalue weighted by Crippen LogP contribution is 2.11. The zero-order valence-electron chi connectivity index (χ0n) is 7.33. The Kier molecular flexibility index (Phi) is 2.84. The van der Waals surface area contributed by atoms with Crippen LogP contribution >= 0.6 is 0 Å². The van der Waals surface area contributed by atoms with E-state index in [0.29, 0.717) is 0 Å². The van der Waals surface area contributed by atoms with Crippen LogP contribution in [0.15, 0.2) is 24.3 Å². The SMILES string of the molecule is CN(CC(N)=O)c1ccc(F)cc1. The fraction of sp³-hybridized carbons (Fsp3) is 0.222. The molecule has 0 bridgehead atoms. The minimum atomic E-state index is -0.410. The van der Waals surface area contributed by atoms with Gasteiger partial charge in [-0.1, -0.05) is 0 Å². The average molecular weight is 182 g/mol. The van der Waals surface area contributed by atoms with Crippen LogP contribution in [0.1, 0.15) is 0 Å². The molecule has 4 heteroatoms. The summed E-state index contributed by atoms with van der Waals surface area (Å²) in [6, 6.07) is 5.87. The van der Waals surface area contributed by atoms with Crippen LogP contribution in [0.2, 0.25) is 0 Å². The Hall–Kier alpha value is -1.58. The molecule has 0 aliphatic rings. The first kappa shape index (κ1) is 9.51. The van der Waals surface area contributed by atoms with E-state index in [4.69, 9.17) is 5.73 Å². The fourth-order valence-electron chi connectivity index (χ4n) is 1.02. The molecule has 13 heavy (non-hydrogen) atoms. The number of likely N-dealkylation sites (N-methyl/N-ethyl adjacent to an activating group) is 1. The highest BCUT2D eigenvalue weighted by molar-refractivity contribution is 5.79. The molecule has 0 saturated heterocycles. The minimum absolute atomic E-state index is 0.131. The molecular formula is C9H11FN2O. The van der Waals surface area contributed by atoms with E-state index in [0.717, 1.165) is 5.69 Å². The molecule has 0 aromatic heterocycles. The van der Waals surface area contributed by atoms with Crippen molar-refractivity contribution < 1.29 is 9.18 Å². The van der Waals surface area contributed by atoms with E-state index in [1.54, 1.807) is 24.1 Å². The Morgan fingerprint density at radius 2 is 2.00 bits per heavy atom. The standard InChI is InChI=1S/C9H11FN2O/c1-12(6-9(11)13)8-4-2-7(10)3-5-8/h2-5H,6H2,1H3,(H2,11,13). The van der Waals surface area contributed by atoms with Gasteiger partial charge in [-0.2, -0.15) is 0 Å². The highest BCUT2D eigenvalue weighted by atomic mass is 19.1. The van der Waals surface area contributed by atoms with Gasteiger partial charge >= 0.3 is 0 Å². The Morgan fingerprint density at radius 3 is 2.46 bits per heavy atom. The number of anilines is 1. The van der Waals surface area contributed by atoms with Crippen molar-refractivity contribution in [3.05, 3.63) is 30.1 Å². The summed E-state index contributed by atoms with van der Waals surface area (Å²) >= 11 is 0. The molecular weight excluding hydrogens is 171 g/mol. The van der Waals surface area contributed by atoms with Crippen LogP contribution in [0.5, 0.6) is 0 Å². The second kappa shape index (κ2) is 3.89. The van der Waals surface area contributed by atoms with Gasteiger partial charge < -0.3 is 10.6 Å². The summed E-state index contributed by atoms with van der Waals surface area (Å²) in [5.41, 5.74) is 5.77. The van der Waals surface area contributed by atoms with Crippen molar-refractivity contribution >= 4 is 11.6 Å². The van der Waals surface area contributed by atoms with Crippen molar-refractivity contribution in [2.45, 2.75) is 0 Å². The lowest BCUT2D eigenvalue weighted by molar-refractivity contribution is -0.116. The van der Waals surface area contributed by atoms with Gasteiger partial charge in [-0.05, 0) is 24.3 Å². The molecule has 70 valence electrons. The third-order valence-corrected chi connectivity index (χ3v) is 1.66. The van der Waals surface area contributed by atoms with E-state index in [1.807, 2.05) is 0 Å². The number of carbonyl (C=O) groups is 1. The first-order valence-corrected chi connectivity index (χ1v) is 3.84. The molecule has 2 N–H and O–H groups in total. The maximum absolute atomic E-state index is 12.5. The lowest BCUT2D eigenvalue weighted by atomic mass is 10.3. The lowest BCUT2D eigenvalue weighted by Crippen LogP contribution is -2.30. The van der Waals surface area contributed by atoms with Gasteiger partial charge in [0.15, 0.2) is 0 Å². The molecule has 3 nitrogen and oxygen atoms in total. The molecule has 1 rings (SSSR count). The summed E-state index contributed by atoms with van der Waals surface area (Å²) in [4.78, 5) is 12.2. The number of halogens is 1. The molecule has 1 aromatic rings. The molecule has 1 amide bonds. The van der Waals surface area contributed by atoms with Crippen molar-refractivity contribution in [3.8, 4) is 0 Å². The molecule has 0 fully saturated rings. The van der Waals surface area contributed by atoms with Crippen LogP contribution < -0.4 is 10.6 Å². The Bertz CT molecular complexity index is 297. The molecule has 0 atom stereocenters. The van der Waals surface area contributed by atoms with Crippen molar-refractivity contribution in [1.29, 1.82) is 0 Å². The number of nitrogens with two attached hydrogens (primary N) is 1. The van der Waals surface area contributed by atoms with Gasteiger partial charge in [-0.15, -0.1) is 0 Å². The first-order chi connectivity index (χ1) is 6.09. The third kappa shape index (κ3) is 2.74. The van der Waals surface area contributed by atoms with Crippen LogP contribution in [-0.2, 0) is 4.79 Å². The average Bonchev–Trinajstić information content (AvgIpc) is 2.04. The van der Waals surface area contributed by atoms with Crippen LogP contribution in [0.4, 0.5) is 10.1 Å². The summed E-state index contributed by atoms with van der Waals surface area (Å²) in [7, 11) is 1.72. The number of hydrogen-bond donors (Lipinski definition) is 1. The van der Waals surface area contributed by atoms with Crippen molar-refractivity contribution in [2.75, 3.05) is 18.5 Å². The van der Waals surface area contributed by atoms with Crippen LogP contribution in [0.3, 0.4) is 0 Å². The number of benzene rings is 1. The number of primary amides is 1. The zero-order valence-corrected chi connectivity index (χ0v) is 7.33. The summed E-state index contributed by atoms with van der Waals surface area (Å²) in [6.45, 7) is 0.131. The van der Waals surface area contributed by atoms with Gasteiger partial charge in [0, 0.05) is 12.7 Å². The zero-order chi connectivity index (χ0) is 9.84. The number of hydrogen-bond acceptors (Lipinski definition) is 2. The Labute approximate surface area is 76.0 Å². The normalized spacial score (nSPS) is 9.69. The van der Waals surface area contributed by atoms with Crippen LogP contribution in [-0.4, -0.2) is 19.5 Å². The van der Waals surface area contributed by atoms with Gasteiger partial charge in [0.2, 0.25) is 5.91 Å². The van der Waals surface area contributed by atoms with Crippen molar-refractivity contribution in [3.63, 3.8) is 0 Å². The topological polar surface area (TPSA) is 46.3 Å². The summed E-state index contributed by atoms with van der Waals surface area (Å²) in [6.07, 6.45) is 0. The quantitative estimate of drug-likeness (QED) is 0.749. The number of amides is 1. The van der Waals surface area contributed by atoms with Crippen LogP contribution in [0.25, 0.3) is 0 Å². The maximum Gasteiger partial charge on any atom is 0.236 e. The van der Waals surface area contributed by atoms with Gasteiger partial charge in [0.1, 0.15) is 5.82 Å². The second-order valence-corrected chi connectivity index (χ2v) is 2.80. The molecule has 1 aromatic carbocycles. The summed E-state index contributed by atoms with van der Waals surface area (Å²) in [5.74, 6) is -0.706. The molecule has 0 saturated carbocycles.